The third-order valence-electron chi connectivity index (χ3n) is 4.71. The third kappa shape index (κ3) is 5.57. The first kappa shape index (κ1) is 24.7. The highest BCUT2D eigenvalue weighted by molar-refractivity contribution is 7.89. The first-order valence-electron chi connectivity index (χ1n) is 9.60. The molecular weight excluding hydrogens is 444 g/mol. The predicted octanol–water partition coefficient (Wildman–Crippen LogP) is 2.43. The number of nitrogens with one attached hydrogen (secondary N) is 1. The van der Waals surface area contributed by atoms with Gasteiger partial charge < -0.3 is 19.5 Å². The van der Waals surface area contributed by atoms with Crippen LogP contribution in [0.25, 0.3) is 0 Å². The Morgan fingerprint density at radius 3 is 2.42 bits per heavy atom. The van der Waals surface area contributed by atoms with Gasteiger partial charge in [-0.1, -0.05) is 25.4 Å². The summed E-state index contributed by atoms with van der Waals surface area (Å²) in [6, 6.07) is 6.12. The van der Waals surface area contributed by atoms with Crippen LogP contribution in [0.5, 0.6) is 5.75 Å². The number of ether oxygens (including phenoxy) is 1. The summed E-state index contributed by atoms with van der Waals surface area (Å²) in [6.45, 7) is 3.89. The summed E-state index contributed by atoms with van der Waals surface area (Å²) in [5.74, 6) is -0.515. The minimum Gasteiger partial charge on any atom is -0.495 e. The zero-order valence-corrected chi connectivity index (χ0v) is 19.7. The van der Waals surface area contributed by atoms with Gasteiger partial charge in [-0.05, 0) is 24.3 Å². The molecule has 0 unspecified atom stereocenters. The van der Waals surface area contributed by atoms with Crippen LogP contribution in [-0.4, -0.2) is 67.8 Å². The molecule has 11 heteroatoms. The second-order valence-corrected chi connectivity index (χ2v) is 9.19. The van der Waals surface area contributed by atoms with Crippen molar-refractivity contribution in [3.8, 4) is 5.75 Å². The number of hydrogen-bond donors (Lipinski definition) is 1. The van der Waals surface area contributed by atoms with Crippen LogP contribution in [0.15, 0.2) is 35.4 Å². The van der Waals surface area contributed by atoms with Gasteiger partial charge in [0, 0.05) is 38.4 Å². The summed E-state index contributed by atoms with van der Waals surface area (Å²) >= 11 is 5.97. The minimum atomic E-state index is -3.70. The molecule has 170 valence electrons. The zero-order chi connectivity index (χ0) is 23.3. The molecule has 2 aromatic rings. The van der Waals surface area contributed by atoms with E-state index in [4.69, 9.17) is 16.3 Å². The molecule has 0 radical (unpaired) electrons. The molecule has 0 saturated heterocycles. The van der Waals surface area contributed by atoms with Crippen molar-refractivity contribution in [3.63, 3.8) is 0 Å². The van der Waals surface area contributed by atoms with Gasteiger partial charge in [0.05, 0.1) is 19.3 Å². The first-order chi connectivity index (χ1) is 14.5. The SMILES string of the molecule is CCN(CC)S(=O)(=O)c1cc(C(=O)N(C)CC(=O)Nc2cc(Cl)ccc2OC)n(C)c1. The van der Waals surface area contributed by atoms with E-state index in [-0.39, 0.29) is 17.1 Å². The maximum atomic E-state index is 12.9. The van der Waals surface area contributed by atoms with Crippen LogP contribution >= 0.6 is 11.6 Å². The fraction of sp³-hybridized carbons (Fsp3) is 0.400. The van der Waals surface area contributed by atoms with Crippen LogP contribution in [0.4, 0.5) is 5.69 Å². The number of nitrogens with zero attached hydrogens (tertiary/aromatic N) is 3. The second-order valence-electron chi connectivity index (χ2n) is 6.82. The molecule has 1 aromatic heterocycles. The van der Waals surface area contributed by atoms with Crippen LogP contribution in [0.3, 0.4) is 0 Å². The second kappa shape index (κ2) is 10.2. The smallest absolute Gasteiger partial charge is 0.270 e. The number of carbonyl (C=O) groups excluding carboxylic acids is 2. The number of carbonyl (C=O) groups is 2. The minimum absolute atomic E-state index is 0.0311. The highest BCUT2D eigenvalue weighted by atomic mass is 35.5. The normalized spacial score (nSPS) is 11.5. The fourth-order valence-corrected chi connectivity index (χ4v) is 4.75. The Morgan fingerprint density at radius 1 is 1.19 bits per heavy atom. The number of hydrogen-bond acceptors (Lipinski definition) is 5. The monoisotopic (exact) mass is 470 g/mol. The maximum Gasteiger partial charge on any atom is 0.270 e. The van der Waals surface area contributed by atoms with Crippen molar-refractivity contribution in [2.45, 2.75) is 18.7 Å². The lowest BCUT2D eigenvalue weighted by atomic mass is 10.3. The molecule has 0 aliphatic carbocycles. The summed E-state index contributed by atoms with van der Waals surface area (Å²) in [4.78, 5) is 26.5. The molecule has 0 spiro atoms. The summed E-state index contributed by atoms with van der Waals surface area (Å²) in [5, 5.41) is 3.08. The van der Waals surface area contributed by atoms with Crippen LogP contribution in [0.1, 0.15) is 24.3 Å². The first-order valence-corrected chi connectivity index (χ1v) is 11.4. The van der Waals surface area contributed by atoms with E-state index < -0.39 is 21.8 Å². The van der Waals surface area contributed by atoms with Crippen LogP contribution < -0.4 is 10.1 Å². The van der Waals surface area contributed by atoms with Crippen molar-refractivity contribution in [1.29, 1.82) is 0 Å². The zero-order valence-electron chi connectivity index (χ0n) is 18.2. The average molecular weight is 471 g/mol. The number of aromatic nitrogens is 1. The van der Waals surface area contributed by atoms with Gasteiger partial charge in [0.15, 0.2) is 0 Å². The number of amides is 2. The summed E-state index contributed by atoms with van der Waals surface area (Å²) < 4.78 is 33.4. The maximum absolute atomic E-state index is 12.9. The molecule has 9 nitrogen and oxygen atoms in total. The number of rotatable bonds is 9. The van der Waals surface area contributed by atoms with Crippen LogP contribution in [0.2, 0.25) is 5.02 Å². The molecule has 2 rings (SSSR count). The van der Waals surface area contributed by atoms with Crippen molar-refractivity contribution in [2.75, 3.05) is 39.1 Å². The molecule has 0 atom stereocenters. The van der Waals surface area contributed by atoms with Gasteiger partial charge in [0.2, 0.25) is 15.9 Å². The number of methoxy groups -OCH3 is 1. The highest BCUT2D eigenvalue weighted by Gasteiger charge is 2.27. The number of anilines is 1. The van der Waals surface area contributed by atoms with E-state index in [1.165, 1.54) is 40.2 Å². The molecule has 0 aliphatic rings. The van der Waals surface area contributed by atoms with E-state index >= 15 is 0 Å². The highest BCUT2D eigenvalue weighted by Crippen LogP contribution is 2.27. The largest absolute Gasteiger partial charge is 0.495 e. The summed E-state index contributed by atoms with van der Waals surface area (Å²) in [5.41, 5.74) is 0.536. The molecule has 31 heavy (non-hydrogen) atoms. The summed E-state index contributed by atoms with van der Waals surface area (Å²) in [7, 11) is 0.808. The van der Waals surface area contributed by atoms with Gasteiger partial charge in [-0.25, -0.2) is 8.42 Å². The lowest BCUT2D eigenvalue weighted by Crippen LogP contribution is -2.35. The quantitative estimate of drug-likeness (QED) is 0.606. The lowest BCUT2D eigenvalue weighted by Gasteiger charge is -2.18. The van der Waals surface area contributed by atoms with E-state index in [0.29, 0.717) is 29.5 Å². The number of aryl methyl sites for hydroxylation is 1. The van der Waals surface area contributed by atoms with Crippen molar-refractivity contribution in [3.05, 3.63) is 41.2 Å². The standard InChI is InChI=1S/C20H27ClN4O5S/c1-6-25(7-2)31(28,29)15-11-17(23(3)12-15)20(27)24(4)13-19(26)22-16-10-14(21)8-9-18(16)30-5/h8-12H,6-7,13H2,1-5H3,(H,22,26). The van der Waals surface area contributed by atoms with E-state index in [1.807, 2.05) is 0 Å². The van der Waals surface area contributed by atoms with Crippen molar-refractivity contribution < 1.29 is 22.7 Å². The van der Waals surface area contributed by atoms with E-state index in [0.717, 1.165) is 0 Å². The molecule has 2 amide bonds. The van der Waals surface area contributed by atoms with Crippen LogP contribution in [-0.2, 0) is 21.9 Å². The van der Waals surface area contributed by atoms with Gasteiger partial charge in [-0.3, -0.25) is 9.59 Å². The van der Waals surface area contributed by atoms with Crippen molar-refractivity contribution >= 4 is 39.1 Å². The number of benzene rings is 1. The van der Waals surface area contributed by atoms with E-state index in [2.05, 4.69) is 5.32 Å². The summed E-state index contributed by atoms with van der Waals surface area (Å²) in [6.07, 6.45) is 1.39. The van der Waals surface area contributed by atoms with Gasteiger partial charge in [-0.15, -0.1) is 0 Å². The topological polar surface area (TPSA) is 101 Å². The fourth-order valence-electron chi connectivity index (χ4n) is 3.05. The lowest BCUT2D eigenvalue weighted by molar-refractivity contribution is -0.116. The van der Waals surface area contributed by atoms with Crippen molar-refractivity contribution in [2.24, 2.45) is 7.05 Å². The Bertz CT molecular complexity index is 1060. The third-order valence-corrected chi connectivity index (χ3v) is 6.96. The van der Waals surface area contributed by atoms with E-state index in [9.17, 15) is 18.0 Å². The molecule has 0 bridgehead atoms. The van der Waals surface area contributed by atoms with Crippen LogP contribution in [0, 0.1) is 0 Å². The Hall–Kier alpha value is -2.56. The molecule has 1 heterocycles. The van der Waals surface area contributed by atoms with Crippen molar-refractivity contribution in [1.82, 2.24) is 13.8 Å². The average Bonchev–Trinajstić information content (AvgIpc) is 3.10. The number of sulfonamides is 1. The molecule has 1 aromatic carbocycles. The number of halogens is 1. The molecule has 0 fully saturated rings. The van der Waals surface area contributed by atoms with Gasteiger partial charge in [-0.2, -0.15) is 4.31 Å². The molecule has 1 N–H and O–H groups in total. The molecule has 0 aliphatic heterocycles. The van der Waals surface area contributed by atoms with Gasteiger partial charge >= 0.3 is 0 Å². The predicted molar refractivity (Wildman–Crippen MR) is 119 cm³/mol. The Morgan fingerprint density at radius 2 is 1.84 bits per heavy atom. The Balaban J connectivity index is 2.16. The van der Waals surface area contributed by atoms with Gasteiger partial charge in [0.25, 0.3) is 5.91 Å². The Kier molecular flexibility index (Phi) is 8.10. The molecular formula is C20H27ClN4O5S. The number of likely N-dealkylation sites (N-methyl/N-ethyl adjacent to an activating group) is 1. The molecule has 0 saturated carbocycles. The Labute approximate surface area is 187 Å². The van der Waals surface area contributed by atoms with E-state index in [1.54, 1.807) is 39.1 Å². The van der Waals surface area contributed by atoms with Gasteiger partial charge in [0.1, 0.15) is 16.3 Å².